The Kier molecular flexibility index (Phi) is 4.90. The molecule has 0 radical (unpaired) electrons. The normalized spacial score (nSPS) is 11.9. The average Bonchev–Trinajstić information content (AvgIpc) is 3.10. The van der Waals surface area contributed by atoms with Crippen molar-refractivity contribution in [2.45, 2.75) is 25.9 Å². The number of amides is 1. The Morgan fingerprint density at radius 3 is 2.71 bits per heavy atom. The number of nitrogens with one attached hydrogen (secondary N) is 1. The number of pyridine rings is 1. The zero-order chi connectivity index (χ0) is 16.8. The Bertz CT molecular complexity index is 771. The predicted molar refractivity (Wildman–Crippen MR) is 87.8 cm³/mol. The van der Waals surface area contributed by atoms with E-state index in [2.05, 4.69) is 50.1 Å². The molecule has 0 saturated carbocycles. The minimum absolute atomic E-state index is 0.0736. The Morgan fingerprint density at radius 1 is 1.21 bits per heavy atom. The lowest BCUT2D eigenvalue weighted by Gasteiger charge is -2.18. The van der Waals surface area contributed by atoms with Gasteiger partial charge in [0.15, 0.2) is 0 Å². The first-order valence-corrected chi connectivity index (χ1v) is 7.67. The Hall–Kier alpha value is -3.09. The van der Waals surface area contributed by atoms with Crippen LogP contribution in [0.3, 0.4) is 0 Å². The second-order valence-electron chi connectivity index (χ2n) is 5.57. The van der Waals surface area contributed by atoms with Gasteiger partial charge in [0.05, 0.1) is 11.7 Å². The first-order valence-electron chi connectivity index (χ1n) is 7.67. The summed E-state index contributed by atoms with van der Waals surface area (Å²) < 4.78 is 1.39. The molecule has 3 aromatic rings. The van der Waals surface area contributed by atoms with E-state index in [1.54, 1.807) is 6.20 Å². The van der Waals surface area contributed by atoms with E-state index in [1.807, 2.05) is 25.1 Å². The number of hydrogen-bond acceptors (Lipinski definition) is 5. The highest BCUT2D eigenvalue weighted by Crippen LogP contribution is 2.17. The van der Waals surface area contributed by atoms with Gasteiger partial charge in [-0.25, -0.2) is 4.68 Å². The van der Waals surface area contributed by atoms with Crippen molar-refractivity contribution in [1.82, 2.24) is 30.5 Å². The standard InChI is InChI=1S/C17H18N6O/c1-13-5-7-14(8-6-13)10-16(15-4-2-3-9-18-15)20-17(24)11-23-12-19-21-22-23/h2-9,12,16H,10-11H2,1H3,(H,20,24)/t16-/m0/s1. The molecule has 1 N–H and O–H groups in total. The van der Waals surface area contributed by atoms with Crippen LogP contribution >= 0.6 is 0 Å². The maximum absolute atomic E-state index is 12.3. The topological polar surface area (TPSA) is 85.6 Å². The molecule has 2 heterocycles. The van der Waals surface area contributed by atoms with Crippen molar-refractivity contribution < 1.29 is 4.79 Å². The van der Waals surface area contributed by atoms with Crippen LogP contribution in [0.2, 0.25) is 0 Å². The van der Waals surface area contributed by atoms with Crippen LogP contribution in [0.1, 0.15) is 22.9 Å². The molecule has 0 unspecified atom stereocenters. The van der Waals surface area contributed by atoms with E-state index < -0.39 is 0 Å². The van der Waals surface area contributed by atoms with Gasteiger partial charge in [-0.05, 0) is 41.5 Å². The molecule has 7 nitrogen and oxygen atoms in total. The highest BCUT2D eigenvalue weighted by Gasteiger charge is 2.17. The number of aromatic nitrogens is 5. The minimum Gasteiger partial charge on any atom is -0.346 e. The van der Waals surface area contributed by atoms with Gasteiger partial charge in [-0.3, -0.25) is 9.78 Å². The highest BCUT2D eigenvalue weighted by atomic mass is 16.2. The molecule has 1 aromatic carbocycles. The molecule has 0 fully saturated rings. The van der Waals surface area contributed by atoms with Crippen molar-refractivity contribution in [3.63, 3.8) is 0 Å². The first-order chi connectivity index (χ1) is 11.7. The van der Waals surface area contributed by atoms with Crippen LogP contribution in [0, 0.1) is 6.92 Å². The zero-order valence-corrected chi connectivity index (χ0v) is 13.3. The molecule has 0 spiro atoms. The number of benzene rings is 1. The van der Waals surface area contributed by atoms with E-state index in [9.17, 15) is 4.79 Å². The summed E-state index contributed by atoms with van der Waals surface area (Å²) in [5.41, 5.74) is 3.16. The Balaban J connectivity index is 1.74. The number of aryl methyl sites for hydroxylation is 1. The molecular weight excluding hydrogens is 304 g/mol. The fourth-order valence-corrected chi connectivity index (χ4v) is 2.41. The summed E-state index contributed by atoms with van der Waals surface area (Å²) in [5, 5.41) is 13.8. The summed E-state index contributed by atoms with van der Waals surface area (Å²) in [4.78, 5) is 16.7. The summed E-state index contributed by atoms with van der Waals surface area (Å²) >= 11 is 0. The van der Waals surface area contributed by atoms with E-state index in [4.69, 9.17) is 0 Å². The summed E-state index contributed by atoms with van der Waals surface area (Å²) in [6.07, 6.45) is 3.80. The maximum atomic E-state index is 12.3. The highest BCUT2D eigenvalue weighted by molar-refractivity contribution is 5.76. The van der Waals surface area contributed by atoms with Gasteiger partial charge in [0, 0.05) is 6.20 Å². The third-order valence-electron chi connectivity index (χ3n) is 3.64. The van der Waals surface area contributed by atoms with Crippen LogP contribution in [0.25, 0.3) is 0 Å². The molecule has 0 aliphatic heterocycles. The number of tetrazole rings is 1. The van der Waals surface area contributed by atoms with Crippen LogP contribution in [0.15, 0.2) is 55.0 Å². The number of hydrogen-bond donors (Lipinski definition) is 1. The van der Waals surface area contributed by atoms with Crippen LogP contribution in [-0.2, 0) is 17.8 Å². The van der Waals surface area contributed by atoms with Crippen molar-refractivity contribution in [2.75, 3.05) is 0 Å². The van der Waals surface area contributed by atoms with Gasteiger partial charge >= 0.3 is 0 Å². The monoisotopic (exact) mass is 322 g/mol. The quantitative estimate of drug-likeness (QED) is 0.743. The van der Waals surface area contributed by atoms with Crippen molar-refractivity contribution in [3.05, 3.63) is 71.8 Å². The lowest BCUT2D eigenvalue weighted by molar-refractivity contribution is -0.122. The van der Waals surface area contributed by atoms with Gasteiger partial charge < -0.3 is 5.32 Å². The molecule has 7 heteroatoms. The number of carbonyl (C=O) groups is 1. The van der Waals surface area contributed by atoms with E-state index >= 15 is 0 Å². The van der Waals surface area contributed by atoms with Gasteiger partial charge in [-0.2, -0.15) is 0 Å². The van der Waals surface area contributed by atoms with Gasteiger partial charge in [-0.15, -0.1) is 5.10 Å². The molecule has 0 bridgehead atoms. The molecule has 2 aromatic heterocycles. The number of rotatable bonds is 6. The Labute approximate surface area is 139 Å². The van der Waals surface area contributed by atoms with Gasteiger partial charge in [0.2, 0.25) is 5.91 Å². The van der Waals surface area contributed by atoms with Crippen LogP contribution in [-0.4, -0.2) is 31.1 Å². The summed E-state index contributed by atoms with van der Waals surface area (Å²) in [7, 11) is 0. The largest absolute Gasteiger partial charge is 0.346 e. The molecular formula is C17H18N6O. The van der Waals surface area contributed by atoms with Crippen LogP contribution in [0.4, 0.5) is 0 Å². The second kappa shape index (κ2) is 7.45. The minimum atomic E-state index is -0.210. The summed E-state index contributed by atoms with van der Waals surface area (Å²) in [6, 6.07) is 13.7. The molecule has 24 heavy (non-hydrogen) atoms. The predicted octanol–water partition coefficient (Wildman–Crippen LogP) is 1.48. The molecule has 1 amide bonds. The fourth-order valence-electron chi connectivity index (χ4n) is 2.41. The first kappa shape index (κ1) is 15.8. The molecule has 122 valence electrons. The molecule has 3 rings (SSSR count). The number of nitrogens with zero attached hydrogens (tertiary/aromatic N) is 5. The van der Waals surface area contributed by atoms with Crippen LogP contribution < -0.4 is 5.32 Å². The van der Waals surface area contributed by atoms with Gasteiger partial charge in [0.1, 0.15) is 12.9 Å². The molecule has 0 saturated heterocycles. The van der Waals surface area contributed by atoms with Crippen molar-refractivity contribution in [3.8, 4) is 0 Å². The smallest absolute Gasteiger partial charge is 0.242 e. The van der Waals surface area contributed by atoms with E-state index in [-0.39, 0.29) is 18.5 Å². The maximum Gasteiger partial charge on any atom is 0.242 e. The molecule has 1 atom stereocenters. The van der Waals surface area contributed by atoms with Crippen molar-refractivity contribution >= 4 is 5.91 Å². The third-order valence-corrected chi connectivity index (χ3v) is 3.64. The fraction of sp³-hybridized carbons (Fsp3) is 0.235. The van der Waals surface area contributed by atoms with E-state index in [0.717, 1.165) is 11.3 Å². The molecule has 0 aliphatic carbocycles. The third kappa shape index (κ3) is 4.22. The SMILES string of the molecule is Cc1ccc(C[C@H](NC(=O)Cn2cnnn2)c2ccccn2)cc1. The second-order valence-corrected chi connectivity index (χ2v) is 5.57. The number of carbonyl (C=O) groups excluding carboxylic acids is 1. The van der Waals surface area contributed by atoms with Crippen LogP contribution in [0.5, 0.6) is 0 Å². The average molecular weight is 322 g/mol. The lowest BCUT2D eigenvalue weighted by atomic mass is 10.0. The molecule has 0 aliphatic rings. The van der Waals surface area contributed by atoms with Crippen molar-refractivity contribution in [1.29, 1.82) is 0 Å². The Morgan fingerprint density at radius 2 is 2.04 bits per heavy atom. The summed E-state index contributed by atoms with van der Waals surface area (Å²) in [5.74, 6) is -0.162. The zero-order valence-electron chi connectivity index (χ0n) is 13.3. The van der Waals surface area contributed by atoms with Gasteiger partial charge in [-0.1, -0.05) is 35.9 Å². The summed E-state index contributed by atoms with van der Waals surface area (Å²) in [6.45, 7) is 2.12. The van der Waals surface area contributed by atoms with E-state index in [1.165, 1.54) is 16.6 Å². The van der Waals surface area contributed by atoms with E-state index in [0.29, 0.717) is 6.42 Å². The lowest BCUT2D eigenvalue weighted by Crippen LogP contribution is -2.33. The van der Waals surface area contributed by atoms with Crippen molar-refractivity contribution in [2.24, 2.45) is 0 Å². The van der Waals surface area contributed by atoms with Gasteiger partial charge in [0.25, 0.3) is 0 Å².